The van der Waals surface area contributed by atoms with E-state index in [1.807, 2.05) is 20.8 Å². The first-order chi connectivity index (χ1) is 16.9. The molecule has 1 aromatic heterocycles. The molecule has 1 heterocycles. The SMILES string of the molecule is COc1cncc(CN(C)C(=O)c2c(NS(=O)(=O)c3ccc(C(C)(C)C)cc3)ccc(Cl)c2C=O)c1. The monoisotopic (exact) mass is 529 g/mol. The molecule has 1 amide bonds. The van der Waals surface area contributed by atoms with Crippen molar-refractivity contribution >= 4 is 39.5 Å². The molecule has 0 fully saturated rings. The largest absolute Gasteiger partial charge is 0.495 e. The Balaban J connectivity index is 1.98. The highest BCUT2D eigenvalue weighted by Gasteiger charge is 2.26. The van der Waals surface area contributed by atoms with Crippen molar-refractivity contribution in [3.8, 4) is 5.75 Å². The van der Waals surface area contributed by atoms with Gasteiger partial charge in [-0.1, -0.05) is 44.5 Å². The Morgan fingerprint density at radius 2 is 1.81 bits per heavy atom. The van der Waals surface area contributed by atoms with Gasteiger partial charge in [0.1, 0.15) is 5.75 Å². The molecule has 0 radical (unpaired) electrons. The van der Waals surface area contributed by atoms with E-state index in [0.29, 0.717) is 17.6 Å². The lowest BCUT2D eigenvalue weighted by molar-refractivity contribution is 0.0783. The van der Waals surface area contributed by atoms with Gasteiger partial charge in [-0.3, -0.25) is 19.3 Å². The number of anilines is 1. The van der Waals surface area contributed by atoms with Gasteiger partial charge in [-0.15, -0.1) is 0 Å². The lowest BCUT2D eigenvalue weighted by Gasteiger charge is -2.22. The van der Waals surface area contributed by atoms with E-state index in [1.54, 1.807) is 24.4 Å². The number of nitrogens with zero attached hydrogens (tertiary/aromatic N) is 2. The smallest absolute Gasteiger partial charge is 0.261 e. The highest BCUT2D eigenvalue weighted by atomic mass is 35.5. The molecule has 0 bridgehead atoms. The average Bonchev–Trinajstić information content (AvgIpc) is 2.84. The molecule has 0 spiro atoms. The van der Waals surface area contributed by atoms with Crippen molar-refractivity contribution in [3.63, 3.8) is 0 Å². The van der Waals surface area contributed by atoms with Gasteiger partial charge in [-0.25, -0.2) is 8.42 Å². The van der Waals surface area contributed by atoms with Crippen LogP contribution in [-0.2, 0) is 22.0 Å². The van der Waals surface area contributed by atoms with Gasteiger partial charge >= 0.3 is 0 Å². The summed E-state index contributed by atoms with van der Waals surface area (Å²) in [7, 11) is -1.03. The summed E-state index contributed by atoms with van der Waals surface area (Å²) >= 11 is 6.19. The summed E-state index contributed by atoms with van der Waals surface area (Å²) in [6, 6.07) is 11.0. The minimum atomic E-state index is -4.07. The fourth-order valence-corrected chi connectivity index (χ4v) is 4.83. The summed E-state index contributed by atoms with van der Waals surface area (Å²) in [6.45, 7) is 6.21. The number of hydrogen-bond acceptors (Lipinski definition) is 6. The molecular weight excluding hydrogens is 502 g/mol. The number of methoxy groups -OCH3 is 1. The van der Waals surface area contributed by atoms with Crippen molar-refractivity contribution in [3.05, 3.63) is 82.1 Å². The van der Waals surface area contributed by atoms with Crippen LogP contribution >= 0.6 is 11.6 Å². The number of aldehydes is 1. The molecule has 3 rings (SSSR count). The zero-order valence-corrected chi connectivity index (χ0v) is 22.3. The van der Waals surface area contributed by atoms with Crippen molar-refractivity contribution in [2.24, 2.45) is 0 Å². The number of halogens is 1. The van der Waals surface area contributed by atoms with Gasteiger partial charge in [0.15, 0.2) is 6.29 Å². The van der Waals surface area contributed by atoms with Crippen LogP contribution in [0.4, 0.5) is 5.69 Å². The third-order valence-electron chi connectivity index (χ3n) is 5.57. The second-order valence-electron chi connectivity index (χ2n) is 9.28. The maximum atomic E-state index is 13.5. The van der Waals surface area contributed by atoms with E-state index >= 15 is 0 Å². The fourth-order valence-electron chi connectivity index (χ4n) is 3.56. The average molecular weight is 530 g/mol. The highest BCUT2D eigenvalue weighted by molar-refractivity contribution is 7.92. The van der Waals surface area contributed by atoms with E-state index in [1.165, 1.54) is 49.5 Å². The molecule has 36 heavy (non-hydrogen) atoms. The van der Waals surface area contributed by atoms with Gasteiger partial charge < -0.3 is 9.64 Å². The summed E-state index contributed by atoms with van der Waals surface area (Å²) in [5.41, 5.74) is 1.20. The van der Waals surface area contributed by atoms with Crippen LogP contribution in [0.3, 0.4) is 0 Å². The van der Waals surface area contributed by atoms with Crippen LogP contribution in [0.5, 0.6) is 5.75 Å². The molecule has 10 heteroatoms. The molecule has 0 saturated heterocycles. The van der Waals surface area contributed by atoms with E-state index in [4.69, 9.17) is 16.3 Å². The molecule has 8 nitrogen and oxygen atoms in total. The topological polar surface area (TPSA) is 106 Å². The molecule has 2 aromatic carbocycles. The Morgan fingerprint density at radius 3 is 2.39 bits per heavy atom. The zero-order valence-electron chi connectivity index (χ0n) is 20.7. The van der Waals surface area contributed by atoms with E-state index < -0.39 is 15.9 Å². The number of pyridine rings is 1. The molecule has 0 aliphatic rings. The van der Waals surface area contributed by atoms with Crippen molar-refractivity contribution < 1.29 is 22.7 Å². The van der Waals surface area contributed by atoms with Crippen LogP contribution in [-0.4, -0.2) is 44.7 Å². The predicted octanol–water partition coefficient (Wildman–Crippen LogP) is 4.93. The Hall–Kier alpha value is -3.43. The van der Waals surface area contributed by atoms with Crippen molar-refractivity contribution in [2.45, 2.75) is 37.6 Å². The molecule has 0 saturated carbocycles. The van der Waals surface area contributed by atoms with E-state index in [9.17, 15) is 18.0 Å². The van der Waals surface area contributed by atoms with Crippen molar-refractivity contribution in [1.82, 2.24) is 9.88 Å². The molecule has 0 aliphatic heterocycles. The molecule has 0 atom stereocenters. The van der Waals surface area contributed by atoms with Crippen molar-refractivity contribution in [2.75, 3.05) is 18.9 Å². The zero-order chi connectivity index (χ0) is 26.7. The number of aromatic nitrogens is 1. The number of carbonyl (C=O) groups excluding carboxylic acids is 2. The Morgan fingerprint density at radius 1 is 1.14 bits per heavy atom. The number of hydrogen-bond donors (Lipinski definition) is 1. The van der Waals surface area contributed by atoms with Crippen LogP contribution in [0, 0.1) is 0 Å². The quantitative estimate of drug-likeness (QED) is 0.415. The van der Waals surface area contributed by atoms with Gasteiger partial charge in [0.05, 0.1) is 34.5 Å². The number of amides is 1. The number of rotatable bonds is 8. The molecular formula is C26H28ClN3O5S. The van der Waals surface area contributed by atoms with Gasteiger partial charge in [-0.05, 0) is 46.9 Å². The summed E-state index contributed by atoms with van der Waals surface area (Å²) in [5, 5.41) is 0.0299. The molecule has 0 unspecified atom stereocenters. The van der Waals surface area contributed by atoms with E-state index in [-0.39, 0.29) is 38.7 Å². The first-order valence-corrected chi connectivity index (χ1v) is 12.9. The lowest BCUT2D eigenvalue weighted by Crippen LogP contribution is -2.29. The Labute approximate surface area is 216 Å². The first kappa shape index (κ1) is 27.2. The Bertz CT molecular complexity index is 1380. The second kappa shape index (κ2) is 10.7. The van der Waals surface area contributed by atoms with Gasteiger partial charge in [0.2, 0.25) is 0 Å². The second-order valence-corrected chi connectivity index (χ2v) is 11.4. The maximum absolute atomic E-state index is 13.5. The molecule has 190 valence electrons. The summed E-state index contributed by atoms with van der Waals surface area (Å²) in [4.78, 5) is 30.8. The third-order valence-corrected chi connectivity index (χ3v) is 7.28. The number of sulfonamides is 1. The molecule has 1 N–H and O–H groups in total. The summed E-state index contributed by atoms with van der Waals surface area (Å²) in [5.74, 6) is -0.0705. The minimum absolute atomic E-state index is 0.0207. The number of nitrogens with one attached hydrogen (secondary N) is 1. The van der Waals surface area contributed by atoms with Gasteiger partial charge in [-0.2, -0.15) is 0 Å². The van der Waals surface area contributed by atoms with Crippen LogP contribution in [0.1, 0.15) is 52.6 Å². The van der Waals surface area contributed by atoms with Crippen LogP contribution in [0.15, 0.2) is 59.8 Å². The normalized spacial score (nSPS) is 11.6. The van der Waals surface area contributed by atoms with E-state index in [2.05, 4.69) is 9.71 Å². The highest BCUT2D eigenvalue weighted by Crippen LogP contribution is 2.30. The van der Waals surface area contributed by atoms with Crippen LogP contribution in [0.25, 0.3) is 0 Å². The standard InChI is InChI=1S/C26H28ClN3O5S/c1-26(2,3)18-6-8-20(9-7-18)36(33,34)29-23-11-10-22(27)21(16-31)24(23)25(32)30(4)15-17-12-19(35-5)14-28-13-17/h6-14,16,29H,15H2,1-5H3. The molecule has 0 aliphatic carbocycles. The fraction of sp³-hybridized carbons (Fsp3) is 0.269. The molecule has 3 aromatic rings. The number of carbonyl (C=O) groups is 2. The van der Waals surface area contributed by atoms with Crippen molar-refractivity contribution in [1.29, 1.82) is 0 Å². The van der Waals surface area contributed by atoms with Gasteiger partial charge in [0.25, 0.3) is 15.9 Å². The third kappa shape index (κ3) is 6.03. The Kier molecular flexibility index (Phi) is 8.05. The summed E-state index contributed by atoms with van der Waals surface area (Å²) in [6.07, 6.45) is 3.55. The minimum Gasteiger partial charge on any atom is -0.495 e. The van der Waals surface area contributed by atoms with E-state index in [0.717, 1.165) is 5.56 Å². The van der Waals surface area contributed by atoms with Crippen LogP contribution in [0.2, 0.25) is 5.02 Å². The lowest BCUT2D eigenvalue weighted by atomic mass is 9.87. The number of ether oxygens (including phenoxy) is 1. The first-order valence-electron chi connectivity index (χ1n) is 11.0. The van der Waals surface area contributed by atoms with Gasteiger partial charge in [0, 0.05) is 25.4 Å². The van der Waals surface area contributed by atoms with Crippen LogP contribution < -0.4 is 9.46 Å². The summed E-state index contributed by atoms with van der Waals surface area (Å²) < 4.78 is 34.0. The predicted molar refractivity (Wildman–Crippen MR) is 139 cm³/mol. The maximum Gasteiger partial charge on any atom is 0.261 e. The number of benzene rings is 2.